The van der Waals surface area contributed by atoms with Crippen molar-refractivity contribution in [3.05, 3.63) is 17.0 Å². The lowest BCUT2D eigenvalue weighted by Gasteiger charge is -2.15. The molecule has 0 saturated carbocycles. The van der Waals surface area contributed by atoms with E-state index in [-0.39, 0.29) is 0 Å². The van der Waals surface area contributed by atoms with Crippen molar-refractivity contribution < 1.29 is 4.52 Å². The maximum Gasteiger partial charge on any atom is 0.137 e. The van der Waals surface area contributed by atoms with Crippen molar-refractivity contribution in [2.45, 2.75) is 20.3 Å². The Labute approximate surface area is 91.6 Å². The minimum atomic E-state index is 0.953. The largest absolute Gasteiger partial charge is 0.361 e. The first-order chi connectivity index (χ1) is 7.15. The Balaban J connectivity index is 2.36. The molecule has 1 N–H and O–H groups in total. The summed E-state index contributed by atoms with van der Waals surface area (Å²) < 4.78 is 5.13. The minimum absolute atomic E-state index is 0.953. The number of aromatic nitrogens is 1. The summed E-state index contributed by atoms with van der Waals surface area (Å²) in [7, 11) is 4.11. The Bertz CT molecular complexity index is 277. The van der Waals surface area contributed by atoms with Gasteiger partial charge < -0.3 is 14.7 Å². The molecule has 1 rings (SSSR count). The topological polar surface area (TPSA) is 41.3 Å². The quantitative estimate of drug-likeness (QED) is 0.761. The third-order valence-corrected chi connectivity index (χ3v) is 2.67. The van der Waals surface area contributed by atoms with Crippen LogP contribution < -0.4 is 5.32 Å². The van der Waals surface area contributed by atoms with Crippen LogP contribution in [0.3, 0.4) is 0 Å². The molecule has 0 atom stereocenters. The van der Waals surface area contributed by atoms with Gasteiger partial charge in [-0.1, -0.05) is 5.16 Å². The highest BCUT2D eigenvalue weighted by molar-refractivity contribution is 5.20. The molecule has 1 heterocycles. The van der Waals surface area contributed by atoms with Crippen LogP contribution in [0.15, 0.2) is 4.52 Å². The van der Waals surface area contributed by atoms with Crippen LogP contribution in [0, 0.1) is 13.8 Å². The molecule has 0 bridgehead atoms. The third kappa shape index (κ3) is 3.64. The Kier molecular flexibility index (Phi) is 4.78. The van der Waals surface area contributed by atoms with E-state index < -0.39 is 0 Å². The zero-order chi connectivity index (χ0) is 11.3. The fourth-order valence-electron chi connectivity index (χ4n) is 1.58. The van der Waals surface area contributed by atoms with E-state index in [0.717, 1.165) is 37.5 Å². The number of rotatable bonds is 6. The molecule has 0 fully saturated rings. The van der Waals surface area contributed by atoms with Crippen LogP contribution in [0.4, 0.5) is 0 Å². The summed E-state index contributed by atoms with van der Waals surface area (Å²) in [6.45, 7) is 7.12. The smallest absolute Gasteiger partial charge is 0.137 e. The average molecular weight is 211 g/mol. The van der Waals surface area contributed by atoms with E-state index in [1.165, 1.54) is 5.56 Å². The number of nitrogens with zero attached hydrogens (tertiary/aromatic N) is 2. The van der Waals surface area contributed by atoms with E-state index in [4.69, 9.17) is 4.52 Å². The van der Waals surface area contributed by atoms with Crippen LogP contribution in [0.25, 0.3) is 0 Å². The van der Waals surface area contributed by atoms with Gasteiger partial charge in [-0.2, -0.15) is 0 Å². The van der Waals surface area contributed by atoms with E-state index in [2.05, 4.69) is 22.4 Å². The summed E-state index contributed by atoms with van der Waals surface area (Å²) in [6, 6.07) is 0. The van der Waals surface area contributed by atoms with Gasteiger partial charge in [0.15, 0.2) is 0 Å². The van der Waals surface area contributed by atoms with Crippen molar-refractivity contribution in [1.82, 2.24) is 15.4 Å². The minimum Gasteiger partial charge on any atom is -0.361 e. The van der Waals surface area contributed by atoms with E-state index >= 15 is 0 Å². The van der Waals surface area contributed by atoms with Gasteiger partial charge in [0.05, 0.1) is 5.69 Å². The van der Waals surface area contributed by atoms with Gasteiger partial charge in [0, 0.05) is 25.2 Å². The molecule has 0 unspecified atom stereocenters. The molecule has 0 aliphatic heterocycles. The zero-order valence-corrected chi connectivity index (χ0v) is 10.1. The second kappa shape index (κ2) is 5.88. The van der Waals surface area contributed by atoms with Crippen molar-refractivity contribution in [2.75, 3.05) is 33.7 Å². The Morgan fingerprint density at radius 2 is 2.07 bits per heavy atom. The lowest BCUT2D eigenvalue weighted by Crippen LogP contribution is -2.29. The summed E-state index contributed by atoms with van der Waals surface area (Å²) in [5.41, 5.74) is 2.28. The van der Waals surface area contributed by atoms with E-state index in [9.17, 15) is 0 Å². The zero-order valence-electron chi connectivity index (χ0n) is 10.1. The SMILES string of the molecule is CNCCN(C)CCc1c(C)noc1C. The van der Waals surface area contributed by atoms with Crippen molar-refractivity contribution in [3.8, 4) is 0 Å². The van der Waals surface area contributed by atoms with Gasteiger partial charge in [-0.15, -0.1) is 0 Å². The van der Waals surface area contributed by atoms with E-state index in [1.807, 2.05) is 20.9 Å². The van der Waals surface area contributed by atoms with Gasteiger partial charge in [0.25, 0.3) is 0 Å². The Morgan fingerprint density at radius 3 is 2.60 bits per heavy atom. The maximum absolute atomic E-state index is 5.13. The molecule has 0 saturated heterocycles. The van der Waals surface area contributed by atoms with Crippen LogP contribution in [0.1, 0.15) is 17.0 Å². The molecule has 0 radical (unpaired) electrons. The second-order valence-corrected chi connectivity index (χ2v) is 3.96. The molecule has 0 aliphatic carbocycles. The first-order valence-corrected chi connectivity index (χ1v) is 5.40. The van der Waals surface area contributed by atoms with Crippen molar-refractivity contribution in [1.29, 1.82) is 0 Å². The normalized spacial score (nSPS) is 11.3. The van der Waals surface area contributed by atoms with Crippen LogP contribution in [-0.4, -0.2) is 43.8 Å². The number of hydrogen-bond acceptors (Lipinski definition) is 4. The summed E-state index contributed by atoms with van der Waals surface area (Å²) >= 11 is 0. The summed E-state index contributed by atoms with van der Waals surface area (Å²) in [5, 5.41) is 7.09. The van der Waals surface area contributed by atoms with Gasteiger partial charge in [0.1, 0.15) is 5.76 Å². The number of aryl methyl sites for hydroxylation is 2. The van der Waals surface area contributed by atoms with Crippen LogP contribution in [-0.2, 0) is 6.42 Å². The molecule has 0 spiro atoms. The van der Waals surface area contributed by atoms with Crippen molar-refractivity contribution in [3.63, 3.8) is 0 Å². The highest BCUT2D eigenvalue weighted by Crippen LogP contribution is 2.12. The molecule has 0 aliphatic rings. The lowest BCUT2D eigenvalue weighted by atomic mass is 10.1. The standard InChI is InChI=1S/C11H21N3O/c1-9-11(10(2)15-13-9)5-7-14(4)8-6-12-3/h12H,5-8H2,1-4H3. The van der Waals surface area contributed by atoms with Gasteiger partial charge in [0.2, 0.25) is 0 Å². The van der Waals surface area contributed by atoms with Gasteiger partial charge in [-0.25, -0.2) is 0 Å². The monoisotopic (exact) mass is 211 g/mol. The van der Waals surface area contributed by atoms with Gasteiger partial charge in [-0.05, 0) is 34.4 Å². The van der Waals surface area contributed by atoms with Gasteiger partial charge in [-0.3, -0.25) is 0 Å². The van der Waals surface area contributed by atoms with E-state index in [0.29, 0.717) is 0 Å². The molecular weight excluding hydrogens is 190 g/mol. The molecule has 4 heteroatoms. The maximum atomic E-state index is 5.13. The van der Waals surface area contributed by atoms with Crippen LogP contribution in [0.2, 0.25) is 0 Å². The summed E-state index contributed by atoms with van der Waals surface area (Å²) in [6.07, 6.45) is 1.02. The fraction of sp³-hybridized carbons (Fsp3) is 0.727. The molecule has 0 amide bonds. The third-order valence-electron chi connectivity index (χ3n) is 2.67. The molecule has 86 valence electrons. The summed E-state index contributed by atoms with van der Waals surface area (Å²) in [4.78, 5) is 2.31. The summed E-state index contributed by atoms with van der Waals surface area (Å²) in [5.74, 6) is 0.953. The highest BCUT2D eigenvalue weighted by atomic mass is 16.5. The Hall–Kier alpha value is -0.870. The number of nitrogens with one attached hydrogen (secondary N) is 1. The lowest BCUT2D eigenvalue weighted by molar-refractivity contribution is 0.338. The molecule has 15 heavy (non-hydrogen) atoms. The van der Waals surface area contributed by atoms with Crippen LogP contribution in [0.5, 0.6) is 0 Å². The molecule has 1 aromatic heterocycles. The fourth-order valence-corrected chi connectivity index (χ4v) is 1.58. The second-order valence-electron chi connectivity index (χ2n) is 3.96. The Morgan fingerprint density at radius 1 is 1.33 bits per heavy atom. The molecular formula is C11H21N3O. The molecule has 4 nitrogen and oxygen atoms in total. The van der Waals surface area contributed by atoms with Gasteiger partial charge >= 0.3 is 0 Å². The first kappa shape index (κ1) is 12.2. The predicted octanol–water partition coefficient (Wildman–Crippen LogP) is 0.985. The van der Waals surface area contributed by atoms with Crippen LogP contribution >= 0.6 is 0 Å². The van der Waals surface area contributed by atoms with Crippen molar-refractivity contribution in [2.24, 2.45) is 0 Å². The first-order valence-electron chi connectivity index (χ1n) is 5.40. The average Bonchev–Trinajstić information content (AvgIpc) is 2.53. The number of likely N-dealkylation sites (N-methyl/N-ethyl adjacent to an activating group) is 2. The molecule has 1 aromatic rings. The predicted molar refractivity (Wildman–Crippen MR) is 61.1 cm³/mol. The van der Waals surface area contributed by atoms with E-state index in [1.54, 1.807) is 0 Å². The highest BCUT2D eigenvalue weighted by Gasteiger charge is 2.09. The molecule has 0 aromatic carbocycles. The number of hydrogen-bond donors (Lipinski definition) is 1. The van der Waals surface area contributed by atoms with Crippen molar-refractivity contribution >= 4 is 0 Å².